The van der Waals surface area contributed by atoms with E-state index in [1.165, 1.54) is 4.70 Å². The molecule has 33 heavy (non-hydrogen) atoms. The van der Waals surface area contributed by atoms with Crippen LogP contribution in [0.4, 0.5) is 0 Å². The van der Waals surface area contributed by atoms with Crippen molar-refractivity contribution in [1.29, 1.82) is 0 Å². The Bertz CT molecular complexity index is 1960. The summed E-state index contributed by atoms with van der Waals surface area (Å²) in [5.41, 5.74) is 1.72. The predicted molar refractivity (Wildman–Crippen MR) is 147 cm³/mol. The van der Waals surface area contributed by atoms with E-state index in [0.717, 1.165) is 57.6 Å². The maximum atomic E-state index is 6.82. The molecule has 0 aliphatic carbocycles. The summed E-state index contributed by atoms with van der Waals surface area (Å²) >= 11 is 16.5. The molecule has 4 aromatic carbocycles. The Labute approximate surface area is 206 Å². The summed E-state index contributed by atoms with van der Waals surface area (Å²) in [4.78, 5) is 0. The summed E-state index contributed by atoms with van der Waals surface area (Å²) in [5, 5.41) is 7.93. The fourth-order valence-electron chi connectivity index (χ4n) is 4.62. The predicted octanol–water partition coefficient (Wildman–Crippen LogP) is 10.8. The third-order valence-corrected chi connectivity index (χ3v) is 8.81. The van der Waals surface area contributed by atoms with E-state index in [9.17, 15) is 0 Å². The average Bonchev–Trinajstić information content (AvgIpc) is 3.09. The summed E-state index contributed by atoms with van der Waals surface area (Å²) in [6.45, 7) is 0. The highest BCUT2D eigenvalue weighted by atomic mass is 35.5. The van der Waals surface area contributed by atoms with Gasteiger partial charge in [0.1, 0.15) is 11.2 Å². The minimum atomic E-state index is 0.692. The monoisotopic (exact) mass is 500 g/mol. The third kappa shape index (κ3) is 2.97. The number of furan rings is 1. The van der Waals surface area contributed by atoms with Crippen LogP contribution >= 0.6 is 45.9 Å². The zero-order valence-electron chi connectivity index (χ0n) is 17.1. The number of rotatable bonds is 0. The molecule has 0 bridgehead atoms. The molecular weight excluding hydrogens is 487 g/mol. The number of halogens is 2. The molecule has 0 radical (unpaired) electrons. The summed E-state index contributed by atoms with van der Waals surface area (Å²) in [5.74, 6) is 0. The lowest BCUT2D eigenvalue weighted by Crippen LogP contribution is -1.72. The first kappa shape index (κ1) is 19.6. The van der Waals surface area contributed by atoms with Crippen molar-refractivity contribution in [2.24, 2.45) is 0 Å². The molecule has 158 valence electrons. The highest BCUT2D eigenvalue weighted by molar-refractivity contribution is 7.25. The Morgan fingerprint density at radius 1 is 0.485 bits per heavy atom. The molecule has 1 nitrogen and oxygen atoms in total. The SMILES string of the molecule is Clc1ccc2sc3ccccc3c3c(oc4c5ccccc5sc5ccc(Cl)cc5c43)c2c1. The molecule has 0 unspecified atom stereocenters. The minimum absolute atomic E-state index is 0.692. The normalized spacial score (nSPS) is 11.9. The van der Waals surface area contributed by atoms with Gasteiger partial charge in [0.15, 0.2) is 0 Å². The molecule has 5 heteroatoms. The first-order valence-electron chi connectivity index (χ1n) is 10.5. The molecule has 0 saturated heterocycles. The van der Waals surface area contributed by atoms with E-state index in [-0.39, 0.29) is 0 Å². The number of hydrogen-bond donors (Lipinski definition) is 0. The molecular formula is C28H14Cl2OS2. The van der Waals surface area contributed by atoms with Crippen LogP contribution in [-0.4, -0.2) is 0 Å². The topological polar surface area (TPSA) is 13.1 Å². The van der Waals surface area contributed by atoms with Gasteiger partial charge in [0, 0.05) is 61.2 Å². The molecule has 0 N–H and O–H groups in total. The zero-order valence-corrected chi connectivity index (χ0v) is 20.2. The van der Waals surface area contributed by atoms with Gasteiger partial charge in [-0.05, 0) is 54.6 Å². The second-order valence-corrected chi connectivity index (χ2v) is 11.0. The van der Waals surface area contributed by atoms with Crippen LogP contribution in [0.1, 0.15) is 0 Å². The Balaban J connectivity index is 1.95. The van der Waals surface area contributed by atoms with Crippen LogP contribution in [0.2, 0.25) is 10.0 Å². The van der Waals surface area contributed by atoms with Crippen LogP contribution < -0.4 is 0 Å². The quantitative estimate of drug-likeness (QED) is 0.201. The van der Waals surface area contributed by atoms with Gasteiger partial charge >= 0.3 is 0 Å². The van der Waals surface area contributed by atoms with Crippen LogP contribution in [0.5, 0.6) is 0 Å². The van der Waals surface area contributed by atoms with Gasteiger partial charge in [-0.1, -0.05) is 53.5 Å². The molecule has 7 aromatic rings. The van der Waals surface area contributed by atoms with Crippen LogP contribution in [0, 0.1) is 0 Å². The van der Waals surface area contributed by atoms with Crippen molar-refractivity contribution in [2.45, 2.75) is 0 Å². The van der Waals surface area contributed by atoms with Crippen molar-refractivity contribution in [2.75, 3.05) is 0 Å². The number of benzene rings is 4. The van der Waals surface area contributed by atoms with Gasteiger partial charge in [-0.2, -0.15) is 0 Å². The molecule has 0 atom stereocenters. The Hall–Kier alpha value is -2.82. The van der Waals surface area contributed by atoms with Gasteiger partial charge in [0.25, 0.3) is 0 Å². The van der Waals surface area contributed by atoms with Crippen LogP contribution in [0.25, 0.3) is 62.3 Å². The maximum Gasteiger partial charge on any atom is 0.144 e. The van der Waals surface area contributed by atoms with E-state index >= 15 is 0 Å². The molecule has 0 amide bonds. The largest absolute Gasteiger partial charge is 0.455 e. The van der Waals surface area contributed by atoms with E-state index in [1.54, 1.807) is 22.7 Å². The van der Waals surface area contributed by atoms with Crippen molar-refractivity contribution in [1.82, 2.24) is 0 Å². The highest BCUT2D eigenvalue weighted by Crippen LogP contribution is 2.45. The van der Waals surface area contributed by atoms with Crippen molar-refractivity contribution in [3.8, 4) is 0 Å². The second kappa shape index (κ2) is 7.34. The molecule has 0 fully saturated rings. The zero-order chi connectivity index (χ0) is 22.1. The lowest BCUT2D eigenvalue weighted by atomic mass is 10.0. The first-order chi connectivity index (χ1) is 16.2. The molecule has 0 aliphatic rings. The van der Waals surface area contributed by atoms with Gasteiger partial charge in [0.2, 0.25) is 0 Å². The van der Waals surface area contributed by atoms with Gasteiger partial charge < -0.3 is 4.42 Å². The van der Waals surface area contributed by atoms with E-state index in [4.69, 9.17) is 27.6 Å². The summed E-state index contributed by atoms with van der Waals surface area (Å²) in [6, 6.07) is 29.1. The van der Waals surface area contributed by atoms with Crippen molar-refractivity contribution < 1.29 is 4.42 Å². The molecule has 7 rings (SSSR count). The first-order valence-corrected chi connectivity index (χ1v) is 12.9. The van der Waals surface area contributed by atoms with Crippen molar-refractivity contribution in [3.63, 3.8) is 0 Å². The molecule has 0 spiro atoms. The molecule has 3 heterocycles. The minimum Gasteiger partial charge on any atom is -0.455 e. The van der Waals surface area contributed by atoms with E-state index in [1.807, 2.05) is 18.2 Å². The number of hydrogen-bond acceptors (Lipinski definition) is 3. The molecule has 0 saturated carbocycles. The van der Waals surface area contributed by atoms with Gasteiger partial charge in [-0.15, -0.1) is 22.7 Å². The lowest BCUT2D eigenvalue weighted by molar-refractivity contribution is 0.677. The van der Waals surface area contributed by atoms with Gasteiger partial charge in [0.05, 0.1) is 0 Å². The van der Waals surface area contributed by atoms with Crippen LogP contribution in [0.3, 0.4) is 0 Å². The standard InChI is InChI=1S/C28H14Cl2OS2/c29-15-9-11-23-19(13-15)26-25-17-5-1-3-7-21(17)32-24-12-10-16(30)14-20(24)28(25)31-27(26)18-6-2-4-8-22(18)33-23/h1-14H. The fourth-order valence-corrected chi connectivity index (χ4v) is 7.09. The highest BCUT2D eigenvalue weighted by Gasteiger charge is 2.18. The second-order valence-electron chi connectivity index (χ2n) is 7.99. The van der Waals surface area contributed by atoms with E-state index in [0.29, 0.717) is 10.0 Å². The van der Waals surface area contributed by atoms with Crippen molar-refractivity contribution in [3.05, 3.63) is 95.0 Å². The lowest BCUT2D eigenvalue weighted by Gasteiger charge is -1.97. The van der Waals surface area contributed by atoms with Gasteiger partial charge in [-0.25, -0.2) is 0 Å². The van der Waals surface area contributed by atoms with Crippen molar-refractivity contribution >= 4 is 108 Å². The van der Waals surface area contributed by atoms with Gasteiger partial charge in [-0.3, -0.25) is 0 Å². The Morgan fingerprint density at radius 2 is 0.970 bits per heavy atom. The smallest absolute Gasteiger partial charge is 0.144 e. The summed E-state index contributed by atoms with van der Waals surface area (Å²) in [7, 11) is 0. The maximum absolute atomic E-state index is 6.82. The van der Waals surface area contributed by atoms with E-state index in [2.05, 4.69) is 66.7 Å². The molecule has 0 aliphatic heterocycles. The molecule has 3 aromatic heterocycles. The average molecular weight is 501 g/mol. The van der Waals surface area contributed by atoms with E-state index < -0.39 is 0 Å². The summed E-state index contributed by atoms with van der Waals surface area (Å²) < 4.78 is 11.5. The van der Waals surface area contributed by atoms with Crippen LogP contribution in [-0.2, 0) is 0 Å². The Kier molecular flexibility index (Phi) is 4.37. The summed E-state index contributed by atoms with van der Waals surface area (Å²) in [6.07, 6.45) is 0. The Morgan fingerprint density at radius 3 is 1.70 bits per heavy atom. The fraction of sp³-hybridized carbons (Fsp3) is 0. The third-order valence-electron chi connectivity index (χ3n) is 6.03. The van der Waals surface area contributed by atoms with Crippen LogP contribution in [0.15, 0.2) is 89.3 Å². The number of fused-ring (bicyclic) bond motifs is 11.